The molecule has 2 aromatic heterocycles. The fourth-order valence-electron chi connectivity index (χ4n) is 2.54. The lowest BCUT2D eigenvalue weighted by Crippen LogP contribution is -2.35. The van der Waals surface area contributed by atoms with Crippen LogP contribution in [-0.4, -0.2) is 15.7 Å². The minimum Gasteiger partial charge on any atom is -0.306 e. The highest BCUT2D eigenvalue weighted by atomic mass is 32.1. The Balaban J connectivity index is 1.74. The fourth-order valence-corrected chi connectivity index (χ4v) is 4.61. The first-order valence-electron chi connectivity index (χ1n) is 7.71. The molecule has 1 aliphatic carbocycles. The van der Waals surface area contributed by atoms with Crippen LogP contribution in [0.1, 0.15) is 55.5 Å². The van der Waals surface area contributed by atoms with Gasteiger partial charge in [-0.15, -0.1) is 21.5 Å². The molecule has 5 heteroatoms. The van der Waals surface area contributed by atoms with Crippen molar-refractivity contribution in [2.75, 3.05) is 0 Å². The summed E-state index contributed by atoms with van der Waals surface area (Å²) in [5, 5.41) is 14.4. The normalized spacial score (nSPS) is 15.8. The molecule has 1 N–H and O–H groups in total. The molecule has 0 radical (unpaired) electrons. The Hall–Kier alpha value is -0.780. The lowest BCUT2D eigenvalue weighted by molar-refractivity contribution is 0.423. The van der Waals surface area contributed by atoms with Gasteiger partial charge in [0.25, 0.3) is 0 Å². The molecule has 0 saturated heterocycles. The third-order valence-electron chi connectivity index (χ3n) is 3.69. The Bertz CT molecular complexity index is 584. The molecule has 2 aromatic rings. The van der Waals surface area contributed by atoms with Gasteiger partial charge in [-0.05, 0) is 58.1 Å². The van der Waals surface area contributed by atoms with Crippen LogP contribution in [0.4, 0.5) is 0 Å². The maximum Gasteiger partial charge on any atom is 0.157 e. The monoisotopic (exact) mass is 321 g/mol. The summed E-state index contributed by atoms with van der Waals surface area (Å²) >= 11 is 3.65. The molecular weight excluding hydrogens is 298 g/mol. The third kappa shape index (κ3) is 3.90. The van der Waals surface area contributed by atoms with Crippen molar-refractivity contribution in [2.45, 2.75) is 65.0 Å². The molecule has 0 bridgehead atoms. The third-order valence-corrected chi connectivity index (χ3v) is 6.02. The van der Waals surface area contributed by atoms with Crippen LogP contribution in [0, 0.1) is 0 Å². The maximum absolute atomic E-state index is 4.39. The Kier molecular flexibility index (Phi) is 4.43. The zero-order valence-corrected chi connectivity index (χ0v) is 14.7. The minimum atomic E-state index is 0.117. The van der Waals surface area contributed by atoms with Crippen molar-refractivity contribution >= 4 is 22.7 Å². The number of aromatic nitrogens is 2. The van der Waals surface area contributed by atoms with Crippen molar-refractivity contribution in [2.24, 2.45) is 0 Å². The smallest absolute Gasteiger partial charge is 0.157 e. The van der Waals surface area contributed by atoms with Crippen molar-refractivity contribution in [1.29, 1.82) is 0 Å². The van der Waals surface area contributed by atoms with E-state index in [-0.39, 0.29) is 5.54 Å². The van der Waals surface area contributed by atoms with Gasteiger partial charge in [0.2, 0.25) is 0 Å². The van der Waals surface area contributed by atoms with Crippen molar-refractivity contribution < 1.29 is 0 Å². The van der Waals surface area contributed by atoms with Crippen LogP contribution in [0.3, 0.4) is 0 Å². The lowest BCUT2D eigenvalue weighted by atomic mass is 10.1. The molecule has 1 aliphatic rings. The first kappa shape index (κ1) is 15.1. The number of nitrogens with one attached hydrogen (secondary N) is 1. The van der Waals surface area contributed by atoms with E-state index in [9.17, 15) is 0 Å². The number of thiophene rings is 1. The first-order valence-corrected chi connectivity index (χ1v) is 9.34. The minimum absolute atomic E-state index is 0.117. The molecule has 0 aliphatic heterocycles. The molecule has 0 aromatic carbocycles. The van der Waals surface area contributed by atoms with Gasteiger partial charge >= 0.3 is 0 Å². The highest BCUT2D eigenvalue weighted by Crippen LogP contribution is 2.36. The zero-order valence-electron chi connectivity index (χ0n) is 13.0. The standard InChI is InChI=1S/C16H23N3S2/c1-16(2,3)17-10-14-18-19-15(21-14)13-9-11-7-5-4-6-8-12(11)20-13/h9,17H,4-8,10H2,1-3H3. The van der Waals surface area contributed by atoms with Crippen LogP contribution in [0.2, 0.25) is 0 Å². The Morgan fingerprint density at radius 3 is 2.71 bits per heavy atom. The van der Waals surface area contributed by atoms with Gasteiger partial charge in [0.05, 0.1) is 11.4 Å². The largest absolute Gasteiger partial charge is 0.306 e. The number of hydrogen-bond donors (Lipinski definition) is 1. The summed E-state index contributed by atoms with van der Waals surface area (Å²) in [6.07, 6.45) is 6.53. The van der Waals surface area contributed by atoms with Gasteiger partial charge in [0.1, 0.15) is 5.01 Å². The highest BCUT2D eigenvalue weighted by molar-refractivity contribution is 7.21. The SMILES string of the molecule is CC(C)(C)NCc1nnc(-c2cc3c(s2)CCCCC3)s1. The highest BCUT2D eigenvalue weighted by Gasteiger charge is 2.16. The van der Waals surface area contributed by atoms with Crippen molar-refractivity contribution in [3.8, 4) is 9.88 Å². The predicted octanol–water partition coefficient (Wildman–Crippen LogP) is 4.42. The topological polar surface area (TPSA) is 37.8 Å². The Morgan fingerprint density at radius 1 is 1.10 bits per heavy atom. The maximum atomic E-state index is 4.39. The van der Waals surface area contributed by atoms with E-state index in [1.54, 1.807) is 21.8 Å². The number of nitrogens with zero attached hydrogens (tertiary/aromatic N) is 2. The molecule has 3 rings (SSSR count). The van der Waals surface area contributed by atoms with E-state index in [4.69, 9.17) is 0 Å². The van der Waals surface area contributed by atoms with Crippen LogP contribution in [0.25, 0.3) is 9.88 Å². The number of aryl methyl sites for hydroxylation is 2. The van der Waals surface area contributed by atoms with E-state index >= 15 is 0 Å². The molecule has 0 atom stereocenters. The molecule has 0 spiro atoms. The van der Waals surface area contributed by atoms with Gasteiger partial charge in [0.15, 0.2) is 5.01 Å². The molecule has 0 fully saturated rings. The van der Waals surface area contributed by atoms with Gasteiger partial charge < -0.3 is 5.32 Å². The molecule has 0 saturated carbocycles. The van der Waals surface area contributed by atoms with E-state index in [2.05, 4.69) is 42.4 Å². The van der Waals surface area contributed by atoms with Gasteiger partial charge in [-0.2, -0.15) is 0 Å². The fraction of sp³-hybridized carbons (Fsp3) is 0.625. The summed E-state index contributed by atoms with van der Waals surface area (Å²) in [6, 6.07) is 2.35. The molecule has 0 unspecified atom stereocenters. The number of hydrogen-bond acceptors (Lipinski definition) is 5. The first-order chi connectivity index (χ1) is 10.0. The van der Waals surface area contributed by atoms with Gasteiger partial charge in [-0.3, -0.25) is 0 Å². The summed E-state index contributed by atoms with van der Waals surface area (Å²) < 4.78 is 0. The zero-order chi connectivity index (χ0) is 14.9. The molecule has 0 amide bonds. The van der Waals surface area contributed by atoms with E-state index in [1.807, 2.05) is 11.3 Å². The number of fused-ring (bicyclic) bond motifs is 1. The summed E-state index contributed by atoms with van der Waals surface area (Å²) in [6.45, 7) is 7.31. The van der Waals surface area contributed by atoms with E-state index < -0.39 is 0 Å². The second-order valence-electron chi connectivity index (χ2n) is 6.72. The van der Waals surface area contributed by atoms with Crippen LogP contribution >= 0.6 is 22.7 Å². The summed E-state index contributed by atoms with van der Waals surface area (Å²) in [7, 11) is 0. The molecule has 3 nitrogen and oxygen atoms in total. The van der Waals surface area contributed by atoms with E-state index in [1.165, 1.54) is 37.0 Å². The lowest BCUT2D eigenvalue weighted by Gasteiger charge is -2.19. The van der Waals surface area contributed by atoms with Gasteiger partial charge in [-0.25, -0.2) is 0 Å². The predicted molar refractivity (Wildman–Crippen MR) is 91.1 cm³/mol. The van der Waals surface area contributed by atoms with E-state index in [0.717, 1.165) is 16.6 Å². The van der Waals surface area contributed by atoms with Crippen molar-refractivity contribution in [3.63, 3.8) is 0 Å². The average molecular weight is 322 g/mol. The Morgan fingerprint density at radius 2 is 1.90 bits per heavy atom. The van der Waals surface area contributed by atoms with Crippen molar-refractivity contribution in [1.82, 2.24) is 15.5 Å². The van der Waals surface area contributed by atoms with Crippen molar-refractivity contribution in [3.05, 3.63) is 21.5 Å². The van der Waals surface area contributed by atoms with Gasteiger partial charge in [-0.1, -0.05) is 17.8 Å². The Labute approximate surface area is 134 Å². The van der Waals surface area contributed by atoms with Crippen LogP contribution in [0.5, 0.6) is 0 Å². The summed E-state index contributed by atoms with van der Waals surface area (Å²) in [4.78, 5) is 2.88. The quantitative estimate of drug-likeness (QED) is 0.850. The summed E-state index contributed by atoms with van der Waals surface area (Å²) in [5.74, 6) is 0. The van der Waals surface area contributed by atoms with Gasteiger partial charge in [0, 0.05) is 10.4 Å². The number of rotatable bonds is 3. The van der Waals surface area contributed by atoms with E-state index in [0.29, 0.717) is 0 Å². The molecule has 2 heterocycles. The molecule has 21 heavy (non-hydrogen) atoms. The second kappa shape index (κ2) is 6.15. The average Bonchev–Trinajstić information content (AvgIpc) is 2.98. The van der Waals surface area contributed by atoms with Crippen LogP contribution in [-0.2, 0) is 19.4 Å². The molecular formula is C16H23N3S2. The summed E-state index contributed by atoms with van der Waals surface area (Å²) in [5.41, 5.74) is 1.67. The van der Waals surface area contributed by atoms with Crippen LogP contribution in [0.15, 0.2) is 6.07 Å². The van der Waals surface area contributed by atoms with Crippen LogP contribution < -0.4 is 5.32 Å². The molecule has 114 valence electrons. The second-order valence-corrected chi connectivity index (χ2v) is 8.92.